The number of hydrogen-bond acceptors (Lipinski definition) is 4. The highest BCUT2D eigenvalue weighted by atomic mass is 32.2. The first-order valence-corrected chi connectivity index (χ1v) is 13.9. The summed E-state index contributed by atoms with van der Waals surface area (Å²) in [5.74, 6) is -0.396. The highest BCUT2D eigenvalue weighted by Crippen LogP contribution is 2.23. The van der Waals surface area contributed by atoms with Crippen LogP contribution in [0.5, 0.6) is 0 Å². The lowest BCUT2D eigenvalue weighted by Gasteiger charge is -2.33. The fourth-order valence-electron chi connectivity index (χ4n) is 4.02. The van der Waals surface area contributed by atoms with E-state index >= 15 is 0 Å². The van der Waals surface area contributed by atoms with E-state index < -0.39 is 22.0 Å². The van der Waals surface area contributed by atoms with E-state index in [-0.39, 0.29) is 24.9 Å². The predicted octanol–water partition coefficient (Wildman–Crippen LogP) is 3.96. The number of benzene rings is 2. The number of sulfonamides is 1. The lowest BCUT2D eigenvalue weighted by Crippen LogP contribution is -2.52. The molecule has 0 radical (unpaired) electrons. The third-order valence-electron chi connectivity index (χ3n) is 5.85. The Morgan fingerprint density at radius 2 is 1.60 bits per heavy atom. The third kappa shape index (κ3) is 8.09. The number of nitrogens with one attached hydrogen (secondary N) is 1. The number of rotatable bonds is 11. The van der Waals surface area contributed by atoms with Crippen LogP contribution in [0.1, 0.15) is 49.4 Å². The van der Waals surface area contributed by atoms with Gasteiger partial charge in [0.2, 0.25) is 21.8 Å². The second-order valence-corrected chi connectivity index (χ2v) is 11.5. The van der Waals surface area contributed by atoms with Gasteiger partial charge in [0.15, 0.2) is 0 Å². The van der Waals surface area contributed by atoms with Crippen LogP contribution in [0.3, 0.4) is 0 Å². The van der Waals surface area contributed by atoms with Crippen molar-refractivity contribution in [1.29, 1.82) is 0 Å². The van der Waals surface area contributed by atoms with Crippen LogP contribution in [0.4, 0.5) is 5.69 Å². The van der Waals surface area contributed by atoms with Gasteiger partial charge in [-0.25, -0.2) is 8.42 Å². The number of nitrogens with zero attached hydrogens (tertiary/aromatic N) is 2. The Balaban J connectivity index is 2.47. The van der Waals surface area contributed by atoms with Crippen LogP contribution in [-0.4, -0.2) is 50.5 Å². The summed E-state index contributed by atoms with van der Waals surface area (Å²) in [5.41, 5.74) is 4.14. The third-order valence-corrected chi connectivity index (χ3v) is 6.99. The summed E-state index contributed by atoms with van der Waals surface area (Å²) < 4.78 is 26.6. The minimum Gasteiger partial charge on any atom is -0.354 e. The van der Waals surface area contributed by atoms with Gasteiger partial charge in [-0.2, -0.15) is 0 Å². The fraction of sp³-hybridized carbons (Fsp3) is 0.481. The molecule has 0 saturated heterocycles. The maximum atomic E-state index is 13.7. The van der Waals surface area contributed by atoms with Crippen LogP contribution in [0.25, 0.3) is 0 Å². The number of amides is 2. The molecule has 2 rings (SSSR count). The first kappa shape index (κ1) is 28.4. The molecular formula is C27H39N3O4S. The largest absolute Gasteiger partial charge is 0.354 e. The molecule has 0 spiro atoms. The highest BCUT2D eigenvalue weighted by Gasteiger charge is 2.32. The molecule has 0 bridgehead atoms. The van der Waals surface area contributed by atoms with Gasteiger partial charge in [-0.3, -0.25) is 13.9 Å². The van der Waals surface area contributed by atoms with E-state index in [9.17, 15) is 18.0 Å². The molecule has 35 heavy (non-hydrogen) atoms. The molecule has 0 aliphatic carbocycles. The lowest BCUT2D eigenvalue weighted by molar-refractivity contribution is -0.140. The summed E-state index contributed by atoms with van der Waals surface area (Å²) in [6.45, 7) is 11.9. The maximum absolute atomic E-state index is 13.7. The molecule has 2 aromatic carbocycles. The molecular weight excluding hydrogens is 462 g/mol. The van der Waals surface area contributed by atoms with Gasteiger partial charge in [0, 0.05) is 13.1 Å². The number of carbonyl (C=O) groups excluding carboxylic acids is 2. The standard InChI is InChI=1S/C27H39N3O4S/c1-8-25(27(32)28-16-19(2)3)29(17-23-12-10-9-11-22(23)6)26(31)18-30(35(7,33)34)24-14-20(4)13-21(5)15-24/h9-15,19,25H,8,16-18H2,1-7H3,(H,28,32). The smallest absolute Gasteiger partial charge is 0.244 e. The van der Waals surface area contributed by atoms with Gasteiger partial charge in [0.05, 0.1) is 11.9 Å². The molecule has 0 saturated carbocycles. The van der Waals surface area contributed by atoms with Gasteiger partial charge in [0.1, 0.15) is 12.6 Å². The normalized spacial score (nSPS) is 12.3. The van der Waals surface area contributed by atoms with E-state index in [2.05, 4.69) is 5.32 Å². The first-order chi connectivity index (χ1) is 16.3. The van der Waals surface area contributed by atoms with Crippen molar-refractivity contribution in [2.75, 3.05) is 23.7 Å². The van der Waals surface area contributed by atoms with Crippen LogP contribution in [0.2, 0.25) is 0 Å². The van der Waals surface area contributed by atoms with Crippen LogP contribution >= 0.6 is 0 Å². The molecule has 0 fully saturated rings. The minimum atomic E-state index is -3.75. The van der Waals surface area contributed by atoms with Crippen LogP contribution in [0.15, 0.2) is 42.5 Å². The summed E-state index contributed by atoms with van der Waals surface area (Å²) in [6.07, 6.45) is 1.50. The second-order valence-electron chi connectivity index (χ2n) is 9.63. The Kier molecular flexibility index (Phi) is 9.89. The quantitative estimate of drug-likeness (QED) is 0.505. The molecule has 0 aromatic heterocycles. The minimum absolute atomic E-state index is 0.212. The topological polar surface area (TPSA) is 86.8 Å². The van der Waals surface area contributed by atoms with Gasteiger partial charge in [-0.15, -0.1) is 0 Å². The zero-order valence-electron chi connectivity index (χ0n) is 22.0. The number of anilines is 1. The van der Waals surface area contributed by atoms with Crippen LogP contribution < -0.4 is 9.62 Å². The van der Waals surface area contributed by atoms with Crippen molar-refractivity contribution in [2.24, 2.45) is 5.92 Å². The van der Waals surface area contributed by atoms with Gasteiger partial charge in [0.25, 0.3) is 0 Å². The molecule has 2 aromatic rings. The van der Waals surface area contributed by atoms with Crippen molar-refractivity contribution in [2.45, 2.75) is 60.5 Å². The van der Waals surface area contributed by atoms with E-state index in [0.29, 0.717) is 18.7 Å². The Morgan fingerprint density at radius 1 is 1.00 bits per heavy atom. The molecule has 2 amide bonds. The molecule has 7 nitrogen and oxygen atoms in total. The van der Waals surface area contributed by atoms with Crippen molar-refractivity contribution in [3.05, 3.63) is 64.7 Å². The lowest BCUT2D eigenvalue weighted by atomic mass is 10.1. The Bertz CT molecular complexity index is 1120. The summed E-state index contributed by atoms with van der Waals surface area (Å²) in [5, 5.41) is 2.93. The molecule has 1 atom stereocenters. The molecule has 1 N–H and O–H groups in total. The molecule has 192 valence electrons. The number of carbonyl (C=O) groups is 2. The molecule has 8 heteroatoms. The zero-order valence-corrected chi connectivity index (χ0v) is 22.8. The molecule has 0 aliphatic heterocycles. The van der Waals surface area contributed by atoms with Crippen LogP contribution in [-0.2, 0) is 26.2 Å². The van der Waals surface area contributed by atoms with Crippen molar-refractivity contribution in [3.63, 3.8) is 0 Å². The van der Waals surface area contributed by atoms with E-state index in [1.54, 1.807) is 12.1 Å². The van der Waals surface area contributed by atoms with E-state index in [1.807, 2.05) is 71.9 Å². The van der Waals surface area contributed by atoms with Crippen molar-refractivity contribution in [1.82, 2.24) is 10.2 Å². The van der Waals surface area contributed by atoms with Crippen molar-refractivity contribution >= 4 is 27.5 Å². The summed E-state index contributed by atoms with van der Waals surface area (Å²) in [4.78, 5) is 28.4. The highest BCUT2D eigenvalue weighted by molar-refractivity contribution is 7.92. The average molecular weight is 502 g/mol. The average Bonchev–Trinajstić information content (AvgIpc) is 2.75. The van der Waals surface area contributed by atoms with Gasteiger partial charge < -0.3 is 10.2 Å². The Morgan fingerprint density at radius 3 is 2.11 bits per heavy atom. The van der Waals surface area contributed by atoms with Gasteiger partial charge in [-0.1, -0.05) is 51.1 Å². The Hall–Kier alpha value is -2.87. The molecule has 0 aliphatic rings. The fourth-order valence-corrected chi connectivity index (χ4v) is 4.85. The predicted molar refractivity (Wildman–Crippen MR) is 142 cm³/mol. The monoisotopic (exact) mass is 501 g/mol. The summed E-state index contributed by atoms with van der Waals surface area (Å²) in [6, 6.07) is 12.4. The van der Waals surface area contributed by atoms with E-state index in [4.69, 9.17) is 0 Å². The van der Waals surface area contributed by atoms with E-state index in [1.165, 1.54) is 4.90 Å². The van der Waals surface area contributed by atoms with Gasteiger partial charge in [-0.05, 0) is 67.5 Å². The SMILES string of the molecule is CCC(C(=O)NCC(C)C)N(Cc1ccccc1C)C(=O)CN(c1cc(C)cc(C)c1)S(C)(=O)=O. The number of aryl methyl sites for hydroxylation is 3. The second kappa shape index (κ2) is 12.2. The van der Waals surface area contributed by atoms with Crippen molar-refractivity contribution < 1.29 is 18.0 Å². The van der Waals surface area contributed by atoms with Gasteiger partial charge >= 0.3 is 0 Å². The Labute approximate surface area is 210 Å². The summed E-state index contributed by atoms with van der Waals surface area (Å²) >= 11 is 0. The number of hydrogen-bond donors (Lipinski definition) is 1. The molecule has 1 unspecified atom stereocenters. The zero-order chi connectivity index (χ0) is 26.3. The summed E-state index contributed by atoms with van der Waals surface area (Å²) in [7, 11) is -3.75. The van der Waals surface area contributed by atoms with E-state index in [0.717, 1.165) is 32.8 Å². The maximum Gasteiger partial charge on any atom is 0.244 e. The first-order valence-electron chi connectivity index (χ1n) is 12.0. The van der Waals surface area contributed by atoms with Crippen molar-refractivity contribution in [3.8, 4) is 0 Å². The van der Waals surface area contributed by atoms with Crippen LogP contribution in [0, 0.1) is 26.7 Å². The molecule has 0 heterocycles.